The highest BCUT2D eigenvalue weighted by atomic mass is 79.9. The minimum Gasteiger partial charge on any atom is -0.409 e. The molecule has 0 amide bonds. The van der Waals surface area contributed by atoms with Gasteiger partial charge < -0.3 is 4.42 Å². The lowest BCUT2D eigenvalue weighted by atomic mass is 10.2. The topological polar surface area (TPSA) is 52.2 Å². The summed E-state index contributed by atoms with van der Waals surface area (Å²) in [5, 5.41) is 0.311. The number of halogens is 2. The van der Waals surface area contributed by atoms with Crippen molar-refractivity contribution < 1.29 is 8.81 Å². The van der Waals surface area contributed by atoms with Crippen molar-refractivity contribution in [3.8, 4) is 0 Å². The third-order valence-electron chi connectivity index (χ3n) is 3.09. The smallest absolute Gasteiger partial charge is 0.409 e. The molecule has 0 fully saturated rings. The van der Waals surface area contributed by atoms with E-state index in [4.69, 9.17) is 4.42 Å². The molecule has 4 nitrogen and oxygen atoms in total. The maximum absolute atomic E-state index is 12.9. The second-order valence-corrected chi connectivity index (χ2v) is 5.44. The largest absolute Gasteiger partial charge is 0.422 e. The lowest BCUT2D eigenvalue weighted by Gasteiger charge is -2.05. The van der Waals surface area contributed by atoms with Crippen LogP contribution in [0.5, 0.6) is 0 Å². The van der Waals surface area contributed by atoms with Crippen LogP contribution in [0, 0.1) is 5.82 Å². The summed E-state index contributed by atoms with van der Waals surface area (Å²) in [7, 11) is 0. The van der Waals surface area contributed by atoms with E-state index >= 15 is 0 Å². The molecule has 1 aromatic heterocycles. The number of benzene rings is 2. The average molecular weight is 350 g/mol. The number of hydrogen-bond acceptors (Lipinski definition) is 3. The van der Waals surface area contributed by atoms with Crippen molar-refractivity contribution in [2.24, 2.45) is 0 Å². The van der Waals surface area contributed by atoms with Crippen LogP contribution in [0.1, 0.15) is 5.56 Å². The van der Waals surface area contributed by atoms with Crippen molar-refractivity contribution in [2.75, 3.05) is 0 Å². The second-order valence-electron chi connectivity index (χ2n) is 4.53. The van der Waals surface area contributed by atoms with Crippen molar-refractivity contribution in [1.82, 2.24) is 4.57 Å². The molecule has 106 valence electrons. The van der Waals surface area contributed by atoms with Gasteiger partial charge in [0.25, 0.3) is 5.56 Å². The Morgan fingerprint density at radius 3 is 2.52 bits per heavy atom. The lowest BCUT2D eigenvalue weighted by Crippen LogP contribution is -2.32. The van der Waals surface area contributed by atoms with E-state index in [1.165, 1.54) is 24.3 Å². The quantitative estimate of drug-likeness (QED) is 0.714. The molecule has 0 aliphatic carbocycles. The Bertz CT molecular complexity index is 928. The average Bonchev–Trinajstić information content (AvgIpc) is 2.46. The summed E-state index contributed by atoms with van der Waals surface area (Å²) in [5.74, 6) is -1.11. The van der Waals surface area contributed by atoms with Crippen molar-refractivity contribution in [3.63, 3.8) is 0 Å². The van der Waals surface area contributed by atoms with E-state index in [0.29, 0.717) is 15.4 Å². The Labute approximate surface area is 126 Å². The minimum atomic E-state index is -0.737. The SMILES string of the molecule is O=c1oc2ccc(Br)cc2c(=O)n1Cc1ccc(F)cc1. The predicted molar refractivity (Wildman–Crippen MR) is 79.9 cm³/mol. The molecule has 0 bridgehead atoms. The van der Waals surface area contributed by atoms with Crippen molar-refractivity contribution >= 4 is 26.9 Å². The summed E-state index contributed by atoms with van der Waals surface area (Å²) in [5.41, 5.74) is 0.440. The Hall–Kier alpha value is -2.21. The summed E-state index contributed by atoms with van der Waals surface area (Å²) < 4.78 is 19.7. The van der Waals surface area contributed by atoms with Gasteiger partial charge in [-0.05, 0) is 35.9 Å². The van der Waals surface area contributed by atoms with Gasteiger partial charge in [0.1, 0.15) is 11.4 Å². The van der Waals surface area contributed by atoms with Gasteiger partial charge >= 0.3 is 5.76 Å². The van der Waals surface area contributed by atoms with E-state index in [0.717, 1.165) is 4.57 Å². The van der Waals surface area contributed by atoms with Crippen LogP contribution in [-0.4, -0.2) is 4.57 Å². The molecule has 3 aromatic rings. The highest BCUT2D eigenvalue weighted by Gasteiger charge is 2.10. The number of hydrogen-bond donors (Lipinski definition) is 0. The number of rotatable bonds is 2. The van der Waals surface area contributed by atoms with E-state index in [1.807, 2.05) is 0 Å². The van der Waals surface area contributed by atoms with Crippen molar-refractivity contribution in [2.45, 2.75) is 6.54 Å². The molecule has 0 N–H and O–H groups in total. The van der Waals surface area contributed by atoms with Crippen molar-refractivity contribution in [1.29, 1.82) is 0 Å². The normalized spacial score (nSPS) is 11.0. The van der Waals surface area contributed by atoms with Crippen LogP contribution in [0.3, 0.4) is 0 Å². The highest BCUT2D eigenvalue weighted by Crippen LogP contribution is 2.15. The Morgan fingerprint density at radius 2 is 1.81 bits per heavy atom. The minimum absolute atomic E-state index is 0.0316. The van der Waals surface area contributed by atoms with Gasteiger partial charge in [0.2, 0.25) is 0 Å². The fourth-order valence-electron chi connectivity index (χ4n) is 2.04. The van der Waals surface area contributed by atoms with E-state index in [-0.39, 0.29) is 17.9 Å². The van der Waals surface area contributed by atoms with Crippen LogP contribution in [-0.2, 0) is 6.54 Å². The molecule has 6 heteroatoms. The first-order chi connectivity index (χ1) is 10.0. The Morgan fingerprint density at radius 1 is 1.10 bits per heavy atom. The zero-order valence-electron chi connectivity index (χ0n) is 10.7. The second kappa shape index (κ2) is 5.29. The number of nitrogens with zero attached hydrogens (tertiary/aromatic N) is 1. The van der Waals surface area contributed by atoms with Crippen LogP contribution >= 0.6 is 15.9 Å². The van der Waals surface area contributed by atoms with Crippen LogP contribution in [0.25, 0.3) is 11.0 Å². The molecule has 1 heterocycles. The Kier molecular flexibility index (Phi) is 3.47. The summed E-state index contributed by atoms with van der Waals surface area (Å²) >= 11 is 3.27. The number of fused-ring (bicyclic) bond motifs is 1. The molecule has 3 rings (SSSR count). The molecule has 2 aromatic carbocycles. The highest BCUT2D eigenvalue weighted by molar-refractivity contribution is 9.10. The molecular formula is C15H9BrFNO3. The van der Waals surface area contributed by atoms with Gasteiger partial charge in [-0.25, -0.2) is 13.8 Å². The monoisotopic (exact) mass is 349 g/mol. The summed E-state index contributed by atoms with van der Waals surface area (Å²) in [6.07, 6.45) is 0. The molecule has 0 aliphatic heterocycles. The van der Waals surface area contributed by atoms with Gasteiger partial charge in [-0.1, -0.05) is 28.1 Å². The molecule has 0 aliphatic rings. The van der Waals surface area contributed by atoms with Crippen molar-refractivity contribution in [3.05, 3.63) is 79.2 Å². The van der Waals surface area contributed by atoms with Gasteiger partial charge in [0, 0.05) is 4.47 Å². The first kappa shape index (κ1) is 13.8. The molecule has 21 heavy (non-hydrogen) atoms. The zero-order valence-corrected chi connectivity index (χ0v) is 12.3. The molecule has 0 unspecified atom stereocenters. The van der Waals surface area contributed by atoms with E-state index in [9.17, 15) is 14.0 Å². The molecular weight excluding hydrogens is 341 g/mol. The molecule has 0 radical (unpaired) electrons. The third-order valence-corrected chi connectivity index (χ3v) is 3.58. The first-order valence-corrected chi connectivity index (χ1v) is 6.91. The van der Waals surface area contributed by atoms with Crippen LogP contribution < -0.4 is 11.3 Å². The lowest BCUT2D eigenvalue weighted by molar-refractivity contribution is 0.470. The standard InChI is InChI=1S/C15H9BrFNO3/c16-10-3-6-13-12(7-10)14(19)18(15(20)21-13)8-9-1-4-11(17)5-2-9/h1-7H,8H2. The maximum atomic E-state index is 12.9. The molecule has 0 saturated carbocycles. The van der Waals surface area contributed by atoms with Gasteiger partial charge in [0.05, 0.1) is 11.9 Å². The van der Waals surface area contributed by atoms with Crippen LogP contribution in [0.2, 0.25) is 0 Å². The third kappa shape index (κ3) is 2.67. The Balaban J connectivity index is 2.16. The molecule has 0 spiro atoms. The molecule has 0 atom stereocenters. The van der Waals surface area contributed by atoms with Gasteiger partial charge in [-0.3, -0.25) is 4.79 Å². The van der Waals surface area contributed by atoms with E-state index in [2.05, 4.69) is 15.9 Å². The maximum Gasteiger partial charge on any atom is 0.422 e. The summed E-state index contributed by atoms with van der Waals surface area (Å²) in [4.78, 5) is 24.3. The van der Waals surface area contributed by atoms with Crippen LogP contribution in [0.15, 0.2) is 60.9 Å². The van der Waals surface area contributed by atoms with E-state index < -0.39 is 11.3 Å². The predicted octanol–water partition coefficient (Wildman–Crippen LogP) is 2.90. The zero-order chi connectivity index (χ0) is 15.0. The fourth-order valence-corrected chi connectivity index (χ4v) is 2.41. The van der Waals surface area contributed by atoms with Gasteiger partial charge in [-0.15, -0.1) is 0 Å². The summed E-state index contributed by atoms with van der Waals surface area (Å²) in [6.45, 7) is 0.0316. The van der Waals surface area contributed by atoms with Gasteiger partial charge in [-0.2, -0.15) is 0 Å². The van der Waals surface area contributed by atoms with Gasteiger partial charge in [0.15, 0.2) is 0 Å². The fraction of sp³-hybridized carbons (Fsp3) is 0.0667. The number of aromatic nitrogens is 1. The molecule has 0 saturated heterocycles. The first-order valence-electron chi connectivity index (χ1n) is 6.12. The van der Waals surface area contributed by atoms with E-state index in [1.54, 1.807) is 18.2 Å². The van der Waals surface area contributed by atoms with Crippen LogP contribution in [0.4, 0.5) is 4.39 Å². The summed E-state index contributed by atoms with van der Waals surface area (Å²) in [6, 6.07) is 10.4.